The molecule has 0 atom stereocenters. The molecule has 4 nitrogen and oxygen atoms in total. The molecular formula is C39H29IrN4. The van der Waals surface area contributed by atoms with E-state index >= 15 is 0 Å². The summed E-state index contributed by atoms with van der Waals surface area (Å²) in [4.78, 5) is 8.84. The van der Waals surface area contributed by atoms with Crippen molar-refractivity contribution in [2.24, 2.45) is 0 Å². The Labute approximate surface area is 270 Å². The second-order valence-electron chi connectivity index (χ2n) is 11.1. The van der Waals surface area contributed by atoms with Gasteiger partial charge in [0.15, 0.2) is 0 Å². The zero-order valence-electron chi connectivity index (χ0n) is 24.4. The molecule has 5 heteroatoms. The van der Waals surface area contributed by atoms with Gasteiger partial charge in [-0.2, -0.15) is 6.67 Å². The topological polar surface area (TPSA) is 23.8 Å². The van der Waals surface area contributed by atoms with Crippen LogP contribution in [0.4, 0.5) is 17.1 Å². The summed E-state index contributed by atoms with van der Waals surface area (Å²) in [5.41, 5.74) is 9.29. The van der Waals surface area contributed by atoms with E-state index in [1.807, 2.05) is 42.5 Å². The predicted molar refractivity (Wildman–Crippen MR) is 179 cm³/mol. The molecule has 44 heavy (non-hydrogen) atoms. The van der Waals surface area contributed by atoms with Crippen LogP contribution in [-0.2, 0) is 20.1 Å². The Hall–Kier alpha value is -4.70. The molecule has 0 spiro atoms. The fraction of sp³-hybridized carbons (Fsp3) is 0.0769. The third-order valence-electron chi connectivity index (χ3n) is 8.22. The van der Waals surface area contributed by atoms with E-state index in [2.05, 4.69) is 131 Å². The number of benzene rings is 5. The van der Waals surface area contributed by atoms with Crippen molar-refractivity contribution in [3.8, 4) is 11.3 Å². The van der Waals surface area contributed by atoms with Crippen molar-refractivity contribution >= 4 is 55.2 Å². The van der Waals surface area contributed by atoms with Gasteiger partial charge in [0.25, 0.3) is 0 Å². The van der Waals surface area contributed by atoms with E-state index in [1.165, 1.54) is 49.5 Å². The summed E-state index contributed by atoms with van der Waals surface area (Å²) in [5.74, 6) is 0. The Morgan fingerprint density at radius 3 is 2.11 bits per heavy atom. The number of para-hydroxylation sites is 4. The molecule has 0 saturated heterocycles. The summed E-state index contributed by atoms with van der Waals surface area (Å²) in [7, 11) is 0. The van der Waals surface area contributed by atoms with Crippen molar-refractivity contribution in [2.45, 2.75) is 19.9 Å². The average Bonchev–Trinajstić information content (AvgIpc) is 3.73. The van der Waals surface area contributed by atoms with Crippen molar-refractivity contribution in [2.75, 3.05) is 9.80 Å². The molecule has 0 N–H and O–H groups in total. The zero-order valence-corrected chi connectivity index (χ0v) is 26.8. The molecule has 0 radical (unpaired) electrons. The van der Waals surface area contributed by atoms with Gasteiger partial charge >= 0.3 is 20.1 Å². The summed E-state index contributed by atoms with van der Waals surface area (Å²) < 4.78 is 2.40. The van der Waals surface area contributed by atoms with Crippen LogP contribution in [0.3, 0.4) is 0 Å². The number of pyridine rings is 1. The molecule has 1 aliphatic rings. The molecule has 5 aromatic carbocycles. The van der Waals surface area contributed by atoms with Crippen molar-refractivity contribution in [1.82, 2.24) is 9.38 Å². The van der Waals surface area contributed by atoms with Crippen molar-refractivity contribution < 1.29 is 20.1 Å². The summed E-state index contributed by atoms with van der Waals surface area (Å²) in [6, 6.07) is 49.3. The smallest absolute Gasteiger partial charge is 0.499 e. The molecule has 214 valence electrons. The number of hydrogen-bond donors (Lipinski definition) is 0. The fourth-order valence-electron chi connectivity index (χ4n) is 6.29. The molecule has 9 rings (SSSR count). The van der Waals surface area contributed by atoms with Crippen LogP contribution in [0.5, 0.6) is 0 Å². The molecule has 0 saturated carbocycles. The minimum absolute atomic E-state index is 0. The summed E-state index contributed by atoms with van der Waals surface area (Å²) in [5, 5.41) is 5.01. The number of hydrogen-bond acceptors (Lipinski definition) is 3. The van der Waals surface area contributed by atoms with Gasteiger partial charge in [0, 0.05) is 28.6 Å². The third kappa shape index (κ3) is 4.52. The molecular weight excluding hydrogens is 717 g/mol. The van der Waals surface area contributed by atoms with Gasteiger partial charge in [-0.25, -0.2) is 0 Å². The quantitative estimate of drug-likeness (QED) is 0.169. The van der Waals surface area contributed by atoms with E-state index in [-0.39, 0.29) is 20.1 Å². The molecule has 3 aromatic heterocycles. The summed E-state index contributed by atoms with van der Waals surface area (Å²) in [6.45, 7) is 6.68. The van der Waals surface area contributed by atoms with Crippen molar-refractivity contribution in [3.05, 3.63) is 146 Å². The number of rotatable bonds is 3. The largest absolute Gasteiger partial charge is 3.00 e. The van der Waals surface area contributed by atoms with Gasteiger partial charge in [-0.3, -0.25) is 0 Å². The van der Waals surface area contributed by atoms with Crippen LogP contribution >= 0.6 is 0 Å². The van der Waals surface area contributed by atoms with E-state index in [0.29, 0.717) is 6.04 Å². The monoisotopic (exact) mass is 746 g/mol. The molecule has 0 bridgehead atoms. The summed E-state index contributed by atoms with van der Waals surface area (Å²) >= 11 is 0. The maximum absolute atomic E-state index is 4.22. The van der Waals surface area contributed by atoms with E-state index in [1.54, 1.807) is 6.20 Å². The number of anilines is 3. The minimum Gasteiger partial charge on any atom is -0.499 e. The Morgan fingerprint density at radius 1 is 0.705 bits per heavy atom. The predicted octanol–water partition coefficient (Wildman–Crippen LogP) is 9.67. The fourth-order valence-corrected chi connectivity index (χ4v) is 6.29. The van der Waals surface area contributed by atoms with Gasteiger partial charge in [-0.1, -0.05) is 77.1 Å². The Kier molecular flexibility index (Phi) is 7.29. The molecule has 0 fully saturated rings. The van der Waals surface area contributed by atoms with Gasteiger partial charge in [-0.15, -0.1) is 53.4 Å². The Bertz CT molecular complexity index is 2080. The van der Waals surface area contributed by atoms with E-state index in [9.17, 15) is 0 Å². The van der Waals surface area contributed by atoms with Crippen LogP contribution in [-0.4, -0.2) is 15.4 Å². The number of fused-ring (bicyclic) bond motifs is 7. The Morgan fingerprint density at radius 2 is 1.39 bits per heavy atom. The van der Waals surface area contributed by atoms with E-state index in [4.69, 9.17) is 0 Å². The number of aromatic nitrogens is 2. The normalized spacial score (nSPS) is 12.6. The van der Waals surface area contributed by atoms with Crippen LogP contribution < -0.4 is 9.80 Å². The van der Waals surface area contributed by atoms with Crippen molar-refractivity contribution in [3.63, 3.8) is 0 Å². The van der Waals surface area contributed by atoms with E-state index < -0.39 is 0 Å². The average molecular weight is 746 g/mol. The molecule has 0 amide bonds. The third-order valence-corrected chi connectivity index (χ3v) is 8.22. The molecule has 8 aromatic rings. The van der Waals surface area contributed by atoms with Crippen LogP contribution in [0.15, 0.2) is 128 Å². The Balaban J connectivity index is 0.000000203. The van der Waals surface area contributed by atoms with Crippen LogP contribution in [0.2, 0.25) is 0 Å². The maximum Gasteiger partial charge on any atom is 3.00 e. The second kappa shape index (κ2) is 11.4. The van der Waals surface area contributed by atoms with E-state index in [0.717, 1.165) is 16.9 Å². The van der Waals surface area contributed by atoms with Gasteiger partial charge < -0.3 is 19.2 Å². The number of nitrogens with zero attached hydrogens (tertiary/aromatic N) is 4. The molecule has 4 heterocycles. The molecule has 0 aliphatic carbocycles. The van der Waals surface area contributed by atoms with Gasteiger partial charge in [0.2, 0.25) is 0 Å². The molecule has 1 aliphatic heterocycles. The SMILES string of the molecule is CC(C)N1[CH-]N(c2[c-]c3c4ccccc4n4c5ccccc5c(c2)c34)c2ccccc21.[Ir+3].[c-]1ccccc1-c1ccccn1. The van der Waals surface area contributed by atoms with Gasteiger partial charge in [-0.05, 0) is 66.8 Å². The minimum atomic E-state index is 0. The first-order valence-corrected chi connectivity index (χ1v) is 14.7. The van der Waals surface area contributed by atoms with Crippen LogP contribution in [0.25, 0.3) is 49.4 Å². The summed E-state index contributed by atoms with van der Waals surface area (Å²) in [6.07, 6.45) is 1.79. The van der Waals surface area contributed by atoms with Gasteiger partial charge in [0.1, 0.15) is 0 Å². The first-order valence-electron chi connectivity index (χ1n) is 14.7. The first kappa shape index (κ1) is 28.1. The van der Waals surface area contributed by atoms with Gasteiger partial charge in [0.05, 0.1) is 0 Å². The maximum atomic E-state index is 4.22. The molecule has 0 unspecified atom stereocenters. The van der Waals surface area contributed by atoms with Crippen LogP contribution in [0.1, 0.15) is 13.8 Å². The van der Waals surface area contributed by atoms with Crippen LogP contribution in [0, 0.1) is 18.8 Å². The standard InChI is InChI=1S/C28H21N3.C11H8N.Ir/c1-18(2)29-17-30(27-14-8-7-13-26(27)29)19-15-22-20-9-3-5-11-24(20)31-25-12-6-4-10-21(25)23(16-19)28(22)31;1-2-6-10(7-3-1)11-8-4-5-9-12-11;/h3-15,17-18H,1-2H3;1-6,8-9H;/q-2;-1;+3. The second-order valence-corrected chi connectivity index (χ2v) is 11.1. The zero-order chi connectivity index (χ0) is 28.9. The van der Waals surface area contributed by atoms with Crippen molar-refractivity contribution in [1.29, 1.82) is 0 Å². The first-order chi connectivity index (χ1) is 21.2.